The molecule has 2 aromatic carbocycles. The van der Waals surface area contributed by atoms with Crippen LogP contribution in [0.5, 0.6) is 0 Å². The average molecular weight is 429 g/mol. The second kappa shape index (κ2) is 7.59. The van der Waals surface area contributed by atoms with Crippen molar-refractivity contribution in [2.24, 2.45) is 0 Å². The molecule has 4 rings (SSSR count). The molecule has 0 aliphatic rings. The van der Waals surface area contributed by atoms with E-state index in [9.17, 15) is 22.8 Å². The van der Waals surface area contributed by atoms with E-state index < -0.39 is 29.1 Å². The molecule has 4 aromatic rings. The number of alkyl halides is 3. The molecule has 2 N–H and O–H groups in total. The smallest absolute Gasteiger partial charge is 0.322 e. The molecule has 11 heteroatoms. The van der Waals surface area contributed by atoms with Crippen molar-refractivity contribution in [3.8, 4) is 17.1 Å². The Kier molecular flexibility index (Phi) is 4.93. The Hall–Kier alpha value is -4.15. The number of aromatic nitrogens is 4. The highest BCUT2D eigenvalue weighted by atomic mass is 19.4. The first-order valence-electron chi connectivity index (χ1n) is 8.93. The number of carbonyl (C=O) groups is 1. The first-order chi connectivity index (χ1) is 14.7. The molecule has 158 valence electrons. The first kappa shape index (κ1) is 20.1. The monoisotopic (exact) mass is 429 g/mol. The number of hydrogen-bond acceptors (Lipinski definition) is 5. The van der Waals surface area contributed by atoms with Crippen molar-refractivity contribution in [1.29, 1.82) is 0 Å². The van der Waals surface area contributed by atoms with Gasteiger partial charge in [-0.3, -0.25) is 14.3 Å². The summed E-state index contributed by atoms with van der Waals surface area (Å²) in [6, 6.07) is 12.5. The molecule has 0 atom stereocenters. The highest BCUT2D eigenvalue weighted by Crippen LogP contribution is 2.34. The van der Waals surface area contributed by atoms with E-state index in [0.717, 1.165) is 6.20 Å². The number of para-hydroxylation sites is 1. The summed E-state index contributed by atoms with van der Waals surface area (Å²) < 4.78 is 46.7. The van der Waals surface area contributed by atoms with Crippen molar-refractivity contribution in [1.82, 2.24) is 19.9 Å². The highest BCUT2D eigenvalue weighted by molar-refractivity contribution is 6.05. The zero-order valence-corrected chi connectivity index (χ0v) is 15.9. The number of amides is 1. The number of H-pyrrole nitrogens is 1. The van der Waals surface area contributed by atoms with E-state index in [1.807, 2.05) is 0 Å². The molecule has 0 saturated heterocycles. The van der Waals surface area contributed by atoms with Gasteiger partial charge in [-0.15, -0.1) is 0 Å². The molecule has 0 aliphatic heterocycles. The zero-order valence-electron chi connectivity index (χ0n) is 15.9. The average Bonchev–Trinajstić information content (AvgIpc) is 3.35. The summed E-state index contributed by atoms with van der Waals surface area (Å²) in [5.41, 5.74) is -0.436. The standard InChI is InChI=1S/C20H14F3N5O3/c1-11-5-2-3-8-15(11)28-16(20(21,22)23)14(10-24-28)18(29)25-13-7-4-6-12(9-13)17-26-19(30)31-27-17/h2-10H,1H3,(H,25,29)(H,26,27,30). The lowest BCUT2D eigenvalue weighted by Crippen LogP contribution is -2.21. The normalized spacial score (nSPS) is 11.5. The van der Waals surface area contributed by atoms with Crippen LogP contribution in [0.1, 0.15) is 21.6 Å². The van der Waals surface area contributed by atoms with E-state index >= 15 is 0 Å². The van der Waals surface area contributed by atoms with Gasteiger partial charge in [-0.25, -0.2) is 9.48 Å². The molecule has 2 aromatic heterocycles. The van der Waals surface area contributed by atoms with Crippen molar-refractivity contribution in [3.63, 3.8) is 0 Å². The van der Waals surface area contributed by atoms with Gasteiger partial charge in [0.1, 0.15) is 0 Å². The molecule has 31 heavy (non-hydrogen) atoms. The van der Waals surface area contributed by atoms with Crippen LogP contribution in [-0.2, 0) is 6.18 Å². The fraction of sp³-hybridized carbons (Fsp3) is 0.100. The molecule has 8 nitrogen and oxygen atoms in total. The lowest BCUT2D eigenvalue weighted by Gasteiger charge is -2.14. The largest absolute Gasteiger partial charge is 0.439 e. The molecule has 0 bridgehead atoms. The van der Waals surface area contributed by atoms with E-state index in [0.29, 0.717) is 15.8 Å². The maximum Gasteiger partial charge on any atom is 0.439 e. The maximum atomic E-state index is 13.9. The number of rotatable bonds is 4. The number of aryl methyl sites for hydroxylation is 1. The third-order valence-electron chi connectivity index (χ3n) is 4.46. The third kappa shape index (κ3) is 3.97. The van der Waals surface area contributed by atoms with Crippen molar-refractivity contribution in [2.75, 3.05) is 5.32 Å². The summed E-state index contributed by atoms with van der Waals surface area (Å²) in [4.78, 5) is 26.2. The predicted octanol–water partition coefficient (Wildman–Crippen LogP) is 3.80. The van der Waals surface area contributed by atoms with Crippen LogP contribution in [0.3, 0.4) is 0 Å². The van der Waals surface area contributed by atoms with Gasteiger partial charge in [0.05, 0.1) is 17.4 Å². The number of halogens is 3. The summed E-state index contributed by atoms with van der Waals surface area (Å²) >= 11 is 0. The van der Waals surface area contributed by atoms with E-state index in [1.165, 1.54) is 18.2 Å². The van der Waals surface area contributed by atoms with E-state index in [1.54, 1.807) is 37.3 Å². The number of nitrogens with one attached hydrogen (secondary N) is 2. The second-order valence-corrected chi connectivity index (χ2v) is 6.58. The highest BCUT2D eigenvalue weighted by Gasteiger charge is 2.40. The summed E-state index contributed by atoms with van der Waals surface area (Å²) in [6.45, 7) is 1.65. The van der Waals surface area contributed by atoms with Crippen LogP contribution in [0.15, 0.2) is 64.0 Å². The van der Waals surface area contributed by atoms with Crippen LogP contribution in [0.4, 0.5) is 18.9 Å². The summed E-state index contributed by atoms with van der Waals surface area (Å²) in [5.74, 6) is -1.63. The zero-order chi connectivity index (χ0) is 22.2. The van der Waals surface area contributed by atoms with Gasteiger partial charge in [-0.05, 0) is 30.7 Å². The van der Waals surface area contributed by atoms with Crippen LogP contribution in [-0.4, -0.2) is 25.8 Å². The lowest BCUT2D eigenvalue weighted by atomic mass is 10.1. The lowest BCUT2D eigenvalue weighted by molar-refractivity contribution is -0.143. The first-order valence-corrected chi connectivity index (χ1v) is 8.93. The van der Waals surface area contributed by atoms with Gasteiger partial charge in [-0.2, -0.15) is 18.3 Å². The number of hydrogen-bond donors (Lipinski definition) is 2. The molecular formula is C20H14F3N5O3. The van der Waals surface area contributed by atoms with Gasteiger partial charge >= 0.3 is 11.9 Å². The number of aromatic amines is 1. The van der Waals surface area contributed by atoms with Gasteiger partial charge in [0.2, 0.25) is 0 Å². The van der Waals surface area contributed by atoms with Gasteiger partial charge in [0.15, 0.2) is 11.5 Å². The molecule has 2 heterocycles. The van der Waals surface area contributed by atoms with Gasteiger partial charge in [0.25, 0.3) is 5.91 Å². The van der Waals surface area contributed by atoms with E-state index in [2.05, 4.69) is 25.1 Å². The number of benzene rings is 2. The minimum Gasteiger partial charge on any atom is -0.322 e. The number of carbonyl (C=O) groups excluding carboxylic acids is 1. The quantitative estimate of drug-likeness (QED) is 0.513. The molecule has 0 unspecified atom stereocenters. The molecule has 0 saturated carbocycles. The van der Waals surface area contributed by atoms with Gasteiger partial charge in [-0.1, -0.05) is 35.5 Å². The summed E-state index contributed by atoms with van der Waals surface area (Å²) in [6.07, 6.45) is -3.95. The topological polar surface area (TPSA) is 106 Å². The second-order valence-electron chi connectivity index (χ2n) is 6.58. The third-order valence-corrected chi connectivity index (χ3v) is 4.46. The fourth-order valence-corrected chi connectivity index (χ4v) is 3.07. The fourth-order valence-electron chi connectivity index (χ4n) is 3.07. The Morgan fingerprint density at radius 1 is 1.16 bits per heavy atom. The SMILES string of the molecule is Cc1ccccc1-n1ncc(C(=O)Nc2cccc(-c3noc(=O)[nH]3)c2)c1C(F)(F)F. The van der Waals surface area contributed by atoms with Crippen LogP contribution >= 0.6 is 0 Å². The molecule has 0 aliphatic carbocycles. The molecule has 0 radical (unpaired) electrons. The maximum absolute atomic E-state index is 13.9. The summed E-state index contributed by atoms with van der Waals surface area (Å²) in [5, 5.41) is 9.78. The predicted molar refractivity (Wildman–Crippen MR) is 104 cm³/mol. The minimum absolute atomic E-state index is 0.115. The minimum atomic E-state index is -4.83. The van der Waals surface area contributed by atoms with Gasteiger partial charge < -0.3 is 5.32 Å². The number of nitrogens with zero attached hydrogens (tertiary/aromatic N) is 3. The van der Waals surface area contributed by atoms with Crippen molar-refractivity contribution in [3.05, 3.63) is 82.1 Å². The molecule has 0 spiro atoms. The van der Waals surface area contributed by atoms with Gasteiger partial charge in [0, 0.05) is 11.3 Å². The Labute approximate surface area is 172 Å². The summed E-state index contributed by atoms with van der Waals surface area (Å²) in [7, 11) is 0. The Morgan fingerprint density at radius 3 is 2.61 bits per heavy atom. The van der Waals surface area contributed by atoms with Crippen molar-refractivity contribution < 1.29 is 22.5 Å². The van der Waals surface area contributed by atoms with Crippen molar-refractivity contribution >= 4 is 11.6 Å². The van der Waals surface area contributed by atoms with Crippen LogP contribution in [0.25, 0.3) is 17.1 Å². The van der Waals surface area contributed by atoms with E-state index in [-0.39, 0.29) is 17.2 Å². The van der Waals surface area contributed by atoms with Crippen LogP contribution in [0.2, 0.25) is 0 Å². The number of anilines is 1. The Balaban J connectivity index is 1.70. The Morgan fingerprint density at radius 2 is 1.94 bits per heavy atom. The molecular weight excluding hydrogens is 415 g/mol. The molecule has 0 fully saturated rings. The van der Waals surface area contributed by atoms with E-state index in [4.69, 9.17) is 0 Å². The molecule has 1 amide bonds. The van der Waals surface area contributed by atoms with Crippen LogP contribution < -0.4 is 11.1 Å². The Bertz CT molecular complexity index is 1320. The van der Waals surface area contributed by atoms with Crippen LogP contribution in [0, 0.1) is 6.92 Å². The van der Waals surface area contributed by atoms with Crippen molar-refractivity contribution in [2.45, 2.75) is 13.1 Å².